The van der Waals surface area contributed by atoms with Crippen molar-refractivity contribution in [1.82, 2.24) is 4.98 Å². The van der Waals surface area contributed by atoms with E-state index in [0.29, 0.717) is 16.3 Å². The summed E-state index contributed by atoms with van der Waals surface area (Å²) in [7, 11) is 0. The van der Waals surface area contributed by atoms with Gasteiger partial charge in [-0.3, -0.25) is 4.79 Å². The molecule has 3 rings (SSSR count). The molecule has 0 fully saturated rings. The average molecular weight is 318 g/mol. The molecule has 106 valence electrons. The van der Waals surface area contributed by atoms with E-state index < -0.39 is 0 Å². The third kappa shape index (κ3) is 3.46. The van der Waals surface area contributed by atoms with Crippen molar-refractivity contribution in [1.29, 1.82) is 0 Å². The smallest absolute Gasteiger partial charge is 0.263 e. The summed E-state index contributed by atoms with van der Waals surface area (Å²) < 4.78 is 0. The van der Waals surface area contributed by atoms with E-state index in [9.17, 15) is 4.79 Å². The standard InChI is InChI=1S/C16H13ClN2OS/c17-12-7-5-11(6-8-12)15(20)9-21-10-16-18-13-3-1-2-4-14(13)19-16/h1-8H,9-10H2,(H,18,19)/p+1. The lowest BCUT2D eigenvalue weighted by Gasteiger charge is -1.99. The summed E-state index contributed by atoms with van der Waals surface area (Å²) >= 11 is 7.40. The Labute approximate surface area is 131 Å². The van der Waals surface area contributed by atoms with Gasteiger partial charge in [0.15, 0.2) is 16.8 Å². The lowest BCUT2D eigenvalue weighted by Crippen LogP contribution is -2.08. The van der Waals surface area contributed by atoms with Crippen LogP contribution in [-0.4, -0.2) is 16.5 Å². The molecule has 2 N–H and O–H groups in total. The molecule has 0 bridgehead atoms. The van der Waals surface area contributed by atoms with Gasteiger partial charge in [-0.15, -0.1) is 11.8 Å². The van der Waals surface area contributed by atoms with E-state index in [1.54, 1.807) is 36.0 Å². The zero-order chi connectivity index (χ0) is 14.7. The Balaban J connectivity index is 1.58. The third-order valence-electron chi connectivity index (χ3n) is 3.14. The molecule has 0 saturated heterocycles. The first-order valence-corrected chi connectivity index (χ1v) is 8.11. The van der Waals surface area contributed by atoms with Gasteiger partial charge in [0.1, 0.15) is 0 Å². The van der Waals surface area contributed by atoms with Gasteiger partial charge in [0, 0.05) is 10.6 Å². The van der Waals surface area contributed by atoms with Crippen LogP contribution in [0.15, 0.2) is 48.5 Å². The van der Waals surface area contributed by atoms with Crippen LogP contribution < -0.4 is 4.98 Å². The van der Waals surface area contributed by atoms with E-state index in [2.05, 4.69) is 9.97 Å². The topological polar surface area (TPSA) is 47.0 Å². The first kappa shape index (κ1) is 14.2. The first-order chi connectivity index (χ1) is 10.2. The predicted octanol–water partition coefficient (Wildman–Crippen LogP) is 3.75. The number of halogens is 1. The number of fused-ring (bicyclic) bond motifs is 1. The maximum absolute atomic E-state index is 12.0. The Morgan fingerprint density at radius 2 is 1.90 bits per heavy atom. The van der Waals surface area contributed by atoms with E-state index in [1.165, 1.54) is 0 Å². The Morgan fingerprint density at radius 1 is 1.14 bits per heavy atom. The molecule has 1 heterocycles. The number of ketones is 1. The van der Waals surface area contributed by atoms with Crippen molar-refractivity contribution in [3.8, 4) is 0 Å². The van der Waals surface area contributed by atoms with E-state index in [4.69, 9.17) is 11.6 Å². The number of imidazole rings is 1. The summed E-state index contributed by atoms with van der Waals surface area (Å²) in [6.45, 7) is 0. The molecule has 0 amide bonds. The number of H-pyrrole nitrogens is 2. The minimum Gasteiger partial charge on any atom is -0.293 e. The molecule has 0 aliphatic rings. The highest BCUT2D eigenvalue weighted by molar-refractivity contribution is 7.99. The molecule has 0 atom stereocenters. The molecule has 3 aromatic rings. The summed E-state index contributed by atoms with van der Waals surface area (Å²) in [6, 6.07) is 15.1. The van der Waals surface area contributed by atoms with Gasteiger partial charge in [-0.05, 0) is 36.4 Å². The molecule has 2 aromatic carbocycles. The number of aromatic amines is 2. The fourth-order valence-corrected chi connectivity index (χ4v) is 3.02. The second kappa shape index (κ2) is 6.33. The third-order valence-corrected chi connectivity index (χ3v) is 4.36. The van der Waals surface area contributed by atoms with Crippen molar-refractivity contribution in [2.45, 2.75) is 5.75 Å². The maximum Gasteiger partial charge on any atom is 0.263 e. The number of hydrogen-bond acceptors (Lipinski definition) is 2. The summed E-state index contributed by atoms with van der Waals surface area (Å²) in [5, 5.41) is 0.645. The molecule has 0 spiro atoms. The summed E-state index contributed by atoms with van der Waals surface area (Å²) in [5.74, 6) is 2.33. The number of carbonyl (C=O) groups excluding carboxylic acids is 1. The molecule has 0 unspecified atom stereocenters. The number of nitrogens with one attached hydrogen (secondary N) is 2. The molecule has 0 aliphatic heterocycles. The quantitative estimate of drug-likeness (QED) is 0.728. The van der Waals surface area contributed by atoms with E-state index in [-0.39, 0.29) is 5.78 Å². The van der Waals surface area contributed by atoms with Crippen LogP contribution in [0.25, 0.3) is 11.0 Å². The zero-order valence-corrected chi connectivity index (χ0v) is 12.8. The van der Waals surface area contributed by atoms with Crippen molar-refractivity contribution in [3.63, 3.8) is 0 Å². The number of benzene rings is 2. The van der Waals surface area contributed by atoms with Gasteiger partial charge in [-0.1, -0.05) is 23.7 Å². The van der Waals surface area contributed by atoms with Crippen molar-refractivity contribution < 1.29 is 9.78 Å². The zero-order valence-electron chi connectivity index (χ0n) is 11.2. The Kier molecular flexibility index (Phi) is 4.27. The fraction of sp³-hybridized carbons (Fsp3) is 0.125. The normalized spacial score (nSPS) is 10.9. The number of thioether (sulfide) groups is 1. The van der Waals surface area contributed by atoms with Gasteiger partial charge < -0.3 is 0 Å². The Bertz CT molecular complexity index is 734. The number of Topliss-reactive ketones (excluding diaryl/α,β-unsaturated/α-hetero) is 1. The van der Waals surface area contributed by atoms with E-state index in [1.807, 2.05) is 24.3 Å². The molecule has 0 aliphatic carbocycles. The summed E-state index contributed by atoms with van der Waals surface area (Å²) in [5.41, 5.74) is 2.86. The van der Waals surface area contributed by atoms with Gasteiger partial charge in [-0.25, -0.2) is 9.97 Å². The Morgan fingerprint density at radius 3 is 2.67 bits per heavy atom. The number of para-hydroxylation sites is 2. The maximum atomic E-state index is 12.0. The summed E-state index contributed by atoms with van der Waals surface area (Å²) in [4.78, 5) is 18.7. The van der Waals surface area contributed by atoms with Crippen LogP contribution in [0.2, 0.25) is 5.02 Å². The number of hydrogen-bond donors (Lipinski definition) is 1. The van der Waals surface area contributed by atoms with Gasteiger partial charge in [-0.2, -0.15) is 0 Å². The largest absolute Gasteiger partial charge is 0.293 e. The number of aromatic nitrogens is 2. The molecular weight excluding hydrogens is 304 g/mol. The lowest BCUT2D eigenvalue weighted by molar-refractivity contribution is -0.355. The van der Waals surface area contributed by atoms with Gasteiger partial charge in [0.2, 0.25) is 0 Å². The van der Waals surface area contributed by atoms with Crippen LogP contribution in [0.1, 0.15) is 16.2 Å². The SMILES string of the molecule is O=C(CSCc1[nH]c2ccccc2[nH+]1)c1ccc(Cl)cc1. The van der Waals surface area contributed by atoms with E-state index >= 15 is 0 Å². The molecular formula is C16H14ClN2OS+. The van der Waals surface area contributed by atoms with Crippen LogP contribution in [0.4, 0.5) is 0 Å². The molecule has 5 heteroatoms. The number of carbonyl (C=O) groups is 1. The highest BCUT2D eigenvalue weighted by Crippen LogP contribution is 2.15. The second-order valence-electron chi connectivity index (χ2n) is 4.70. The highest BCUT2D eigenvalue weighted by Gasteiger charge is 2.11. The lowest BCUT2D eigenvalue weighted by atomic mass is 10.1. The molecule has 0 saturated carbocycles. The van der Waals surface area contributed by atoms with Crippen LogP contribution in [0.5, 0.6) is 0 Å². The van der Waals surface area contributed by atoms with Crippen LogP contribution in [-0.2, 0) is 5.75 Å². The van der Waals surface area contributed by atoms with Gasteiger partial charge >= 0.3 is 0 Å². The van der Waals surface area contributed by atoms with Crippen molar-refractivity contribution in [2.75, 3.05) is 5.75 Å². The molecule has 1 aromatic heterocycles. The van der Waals surface area contributed by atoms with Crippen molar-refractivity contribution in [2.24, 2.45) is 0 Å². The Hall–Kier alpha value is -1.78. The second-order valence-corrected chi connectivity index (χ2v) is 6.12. The average Bonchev–Trinajstić information content (AvgIpc) is 2.90. The molecule has 21 heavy (non-hydrogen) atoms. The van der Waals surface area contributed by atoms with Crippen LogP contribution in [0, 0.1) is 0 Å². The van der Waals surface area contributed by atoms with Gasteiger partial charge in [0.25, 0.3) is 5.82 Å². The van der Waals surface area contributed by atoms with E-state index in [0.717, 1.165) is 22.6 Å². The highest BCUT2D eigenvalue weighted by atomic mass is 35.5. The first-order valence-electron chi connectivity index (χ1n) is 6.58. The minimum absolute atomic E-state index is 0.118. The van der Waals surface area contributed by atoms with Crippen LogP contribution in [0.3, 0.4) is 0 Å². The molecule has 0 radical (unpaired) electrons. The fourth-order valence-electron chi connectivity index (χ4n) is 2.09. The number of rotatable bonds is 5. The molecule has 3 nitrogen and oxygen atoms in total. The van der Waals surface area contributed by atoms with Crippen LogP contribution >= 0.6 is 23.4 Å². The van der Waals surface area contributed by atoms with Crippen molar-refractivity contribution >= 4 is 40.2 Å². The minimum atomic E-state index is 0.118. The van der Waals surface area contributed by atoms with Crippen molar-refractivity contribution in [3.05, 3.63) is 64.9 Å². The summed E-state index contributed by atoms with van der Waals surface area (Å²) in [6.07, 6.45) is 0. The monoisotopic (exact) mass is 317 g/mol. The predicted molar refractivity (Wildman–Crippen MR) is 86.8 cm³/mol. The van der Waals surface area contributed by atoms with Gasteiger partial charge in [0.05, 0.1) is 11.5 Å².